The summed E-state index contributed by atoms with van der Waals surface area (Å²) >= 11 is 0. The van der Waals surface area contributed by atoms with Crippen LogP contribution in [0.25, 0.3) is 10.8 Å². The summed E-state index contributed by atoms with van der Waals surface area (Å²) < 4.78 is 28.4. The molecule has 4 aliphatic carbocycles. The number of aromatic nitrogens is 1. The lowest BCUT2D eigenvalue weighted by Gasteiger charge is -2.65. The highest BCUT2D eigenvalue weighted by molar-refractivity contribution is 6.02. The SMILES string of the molecule is CC12CC3CC(C)(C1)CC(CC(=O)Nc1cccc4c(=O)n(Cc5ccc(F)c(F)c5)ccc14)(C3)C2. The van der Waals surface area contributed by atoms with Gasteiger partial charge >= 0.3 is 0 Å². The third kappa shape index (κ3) is 4.04. The monoisotopic (exact) mass is 490 g/mol. The van der Waals surface area contributed by atoms with Crippen molar-refractivity contribution in [3.8, 4) is 0 Å². The molecule has 4 saturated carbocycles. The molecule has 188 valence electrons. The molecule has 1 heterocycles. The second kappa shape index (κ2) is 7.99. The standard InChI is InChI=1S/C30H32F2N2O2/c1-28-11-20-12-29(2,16-28)18-30(13-20,17-28)14-26(35)33-25-5-3-4-22-21(25)8-9-34(27(22)36)15-19-6-7-23(31)24(32)10-19/h3-10,20H,11-18H2,1-2H3,(H,33,35). The van der Waals surface area contributed by atoms with Crippen molar-refractivity contribution >= 4 is 22.4 Å². The molecule has 2 unspecified atom stereocenters. The Labute approximate surface area is 209 Å². The van der Waals surface area contributed by atoms with Gasteiger partial charge in [-0.3, -0.25) is 9.59 Å². The molecule has 4 fully saturated rings. The van der Waals surface area contributed by atoms with Crippen molar-refractivity contribution < 1.29 is 13.6 Å². The van der Waals surface area contributed by atoms with Crippen molar-refractivity contribution in [1.82, 2.24) is 4.57 Å². The molecule has 6 heteroatoms. The van der Waals surface area contributed by atoms with E-state index in [1.54, 1.807) is 24.4 Å². The van der Waals surface area contributed by atoms with Gasteiger partial charge in [-0.15, -0.1) is 0 Å². The maximum Gasteiger partial charge on any atom is 0.258 e. The predicted octanol–water partition coefficient (Wildman–Crippen LogP) is 6.65. The van der Waals surface area contributed by atoms with E-state index in [1.807, 2.05) is 6.07 Å². The van der Waals surface area contributed by atoms with Crippen LogP contribution < -0.4 is 10.9 Å². The number of benzene rings is 2. The minimum atomic E-state index is -0.937. The molecule has 2 aromatic carbocycles. The molecular formula is C30H32F2N2O2. The topological polar surface area (TPSA) is 51.1 Å². The minimum absolute atomic E-state index is 0.0163. The lowest BCUT2D eigenvalue weighted by atomic mass is 9.40. The molecular weight excluding hydrogens is 458 g/mol. The van der Waals surface area contributed by atoms with Crippen LogP contribution in [0.4, 0.5) is 14.5 Å². The zero-order valence-electron chi connectivity index (χ0n) is 20.9. The Morgan fingerprint density at radius 1 is 0.972 bits per heavy atom. The fourth-order valence-electron chi connectivity index (χ4n) is 8.80. The van der Waals surface area contributed by atoms with Crippen LogP contribution in [0.2, 0.25) is 0 Å². The summed E-state index contributed by atoms with van der Waals surface area (Å²) in [5.74, 6) is -1.10. The van der Waals surface area contributed by atoms with E-state index in [2.05, 4.69) is 19.2 Å². The summed E-state index contributed by atoms with van der Waals surface area (Å²) in [5.41, 5.74) is 1.68. The van der Waals surface area contributed by atoms with Gasteiger partial charge in [0.05, 0.1) is 6.54 Å². The molecule has 1 aromatic heterocycles. The minimum Gasteiger partial charge on any atom is -0.325 e. The van der Waals surface area contributed by atoms with E-state index >= 15 is 0 Å². The van der Waals surface area contributed by atoms with Crippen LogP contribution in [0.5, 0.6) is 0 Å². The van der Waals surface area contributed by atoms with E-state index < -0.39 is 11.6 Å². The van der Waals surface area contributed by atoms with E-state index in [9.17, 15) is 18.4 Å². The second-order valence-electron chi connectivity index (χ2n) is 12.6. The highest BCUT2D eigenvalue weighted by atomic mass is 19.2. The van der Waals surface area contributed by atoms with Gasteiger partial charge in [-0.25, -0.2) is 8.78 Å². The fourth-order valence-corrected chi connectivity index (χ4v) is 8.80. The maximum atomic E-state index is 13.6. The molecule has 2 atom stereocenters. The molecule has 3 aromatic rings. The molecule has 36 heavy (non-hydrogen) atoms. The third-order valence-corrected chi connectivity index (χ3v) is 8.91. The van der Waals surface area contributed by atoms with Crippen LogP contribution in [0.3, 0.4) is 0 Å². The first-order valence-corrected chi connectivity index (χ1v) is 12.9. The molecule has 4 bridgehead atoms. The molecule has 0 spiro atoms. The molecule has 1 amide bonds. The number of nitrogens with zero attached hydrogens (tertiary/aromatic N) is 1. The van der Waals surface area contributed by atoms with Crippen molar-refractivity contribution in [2.24, 2.45) is 22.2 Å². The van der Waals surface area contributed by atoms with Gasteiger partial charge in [0, 0.05) is 29.1 Å². The number of fused-ring (bicyclic) bond motifs is 1. The normalized spacial score (nSPS) is 30.6. The Bertz CT molecular complexity index is 1430. The summed E-state index contributed by atoms with van der Waals surface area (Å²) in [7, 11) is 0. The molecule has 4 nitrogen and oxygen atoms in total. The number of halogens is 2. The van der Waals surface area contributed by atoms with Crippen LogP contribution >= 0.6 is 0 Å². The molecule has 7 rings (SSSR count). The number of nitrogens with one attached hydrogen (secondary N) is 1. The van der Waals surface area contributed by atoms with E-state index in [0.29, 0.717) is 39.3 Å². The largest absolute Gasteiger partial charge is 0.325 e. The average molecular weight is 491 g/mol. The van der Waals surface area contributed by atoms with Crippen LogP contribution in [0, 0.1) is 33.8 Å². The second-order valence-corrected chi connectivity index (χ2v) is 12.6. The van der Waals surface area contributed by atoms with Crippen molar-refractivity contribution in [1.29, 1.82) is 0 Å². The van der Waals surface area contributed by atoms with Gasteiger partial charge in [-0.1, -0.05) is 26.0 Å². The van der Waals surface area contributed by atoms with Crippen molar-refractivity contribution in [3.05, 3.63) is 76.2 Å². The third-order valence-electron chi connectivity index (χ3n) is 8.91. The van der Waals surface area contributed by atoms with Crippen LogP contribution in [0.15, 0.2) is 53.5 Å². The first-order valence-electron chi connectivity index (χ1n) is 12.9. The number of carbonyl (C=O) groups is 1. The van der Waals surface area contributed by atoms with Crippen LogP contribution in [0.1, 0.15) is 64.4 Å². The highest BCUT2D eigenvalue weighted by Crippen LogP contribution is 2.70. The number of pyridine rings is 1. The van der Waals surface area contributed by atoms with Crippen LogP contribution in [-0.2, 0) is 11.3 Å². The van der Waals surface area contributed by atoms with Crippen molar-refractivity contribution in [2.45, 2.75) is 65.3 Å². The maximum absolute atomic E-state index is 13.6. The lowest BCUT2D eigenvalue weighted by Crippen LogP contribution is -2.55. The smallest absolute Gasteiger partial charge is 0.258 e. The zero-order chi connectivity index (χ0) is 25.3. The summed E-state index contributed by atoms with van der Waals surface area (Å²) in [4.78, 5) is 26.5. The Balaban J connectivity index is 1.24. The number of amides is 1. The zero-order valence-corrected chi connectivity index (χ0v) is 20.9. The van der Waals surface area contributed by atoms with Crippen molar-refractivity contribution in [3.63, 3.8) is 0 Å². The predicted molar refractivity (Wildman–Crippen MR) is 137 cm³/mol. The van der Waals surface area contributed by atoms with Gasteiger partial charge in [-0.2, -0.15) is 0 Å². The van der Waals surface area contributed by atoms with Gasteiger partial charge in [0.15, 0.2) is 11.6 Å². The van der Waals surface area contributed by atoms with E-state index in [-0.39, 0.29) is 23.4 Å². The van der Waals surface area contributed by atoms with Crippen LogP contribution in [-0.4, -0.2) is 10.5 Å². The van der Waals surface area contributed by atoms with Gasteiger partial charge < -0.3 is 9.88 Å². The molecule has 0 aliphatic heterocycles. The van der Waals surface area contributed by atoms with Gasteiger partial charge in [-0.05, 0) is 96.6 Å². The van der Waals surface area contributed by atoms with Gasteiger partial charge in [0.25, 0.3) is 5.56 Å². The van der Waals surface area contributed by atoms with E-state index in [0.717, 1.165) is 37.3 Å². The quantitative estimate of drug-likeness (QED) is 0.435. The highest BCUT2D eigenvalue weighted by Gasteiger charge is 2.60. The van der Waals surface area contributed by atoms with Gasteiger partial charge in [0.1, 0.15) is 0 Å². The number of hydrogen-bond acceptors (Lipinski definition) is 2. The Morgan fingerprint density at radius 3 is 2.42 bits per heavy atom. The van der Waals surface area contributed by atoms with Crippen molar-refractivity contribution in [2.75, 3.05) is 5.32 Å². The lowest BCUT2D eigenvalue weighted by molar-refractivity contribution is -0.153. The molecule has 0 radical (unpaired) electrons. The Morgan fingerprint density at radius 2 is 1.72 bits per heavy atom. The Hall–Kier alpha value is -3.02. The number of carbonyl (C=O) groups excluding carboxylic acids is 1. The number of anilines is 1. The summed E-state index contributed by atoms with van der Waals surface area (Å²) in [6, 6.07) is 10.8. The molecule has 0 saturated heterocycles. The van der Waals surface area contributed by atoms with E-state index in [4.69, 9.17) is 0 Å². The fraction of sp³-hybridized carbons (Fsp3) is 0.467. The Kier molecular flexibility index (Phi) is 5.19. The number of hydrogen-bond donors (Lipinski definition) is 1. The average Bonchev–Trinajstić information content (AvgIpc) is 2.75. The first kappa shape index (κ1) is 23.4. The molecule has 4 aliphatic rings. The molecule has 1 N–H and O–H groups in total. The summed E-state index contributed by atoms with van der Waals surface area (Å²) in [5, 5.41) is 4.28. The summed E-state index contributed by atoms with van der Waals surface area (Å²) in [6.45, 7) is 4.96. The van der Waals surface area contributed by atoms with Gasteiger partial charge in [0.2, 0.25) is 5.91 Å². The van der Waals surface area contributed by atoms with E-state index in [1.165, 1.54) is 29.9 Å². The first-order chi connectivity index (χ1) is 17.0. The summed E-state index contributed by atoms with van der Waals surface area (Å²) in [6.07, 6.45) is 9.45. The number of rotatable bonds is 5.